The molecule has 2 rings (SSSR count). The summed E-state index contributed by atoms with van der Waals surface area (Å²) >= 11 is 0. The Hall–Kier alpha value is -1.34. The lowest BCUT2D eigenvalue weighted by molar-refractivity contribution is -0.123. The fourth-order valence-corrected chi connectivity index (χ4v) is 2.67. The van der Waals surface area contributed by atoms with Crippen molar-refractivity contribution in [3.05, 3.63) is 0 Å². The topological polar surface area (TPSA) is 65.1 Å². The molecule has 2 aliphatic rings. The van der Waals surface area contributed by atoms with Crippen LogP contribution in [-0.4, -0.2) is 92.7 Å². The van der Waals surface area contributed by atoms with E-state index in [0.717, 1.165) is 32.5 Å². The molecule has 1 N–H and O–H groups in total. The lowest BCUT2D eigenvalue weighted by atomic mass is 10.2. The van der Waals surface area contributed by atoms with Gasteiger partial charge in [0.25, 0.3) is 0 Å². The second kappa shape index (κ2) is 7.61. The lowest BCUT2D eigenvalue weighted by Crippen LogP contribution is -2.53. The van der Waals surface area contributed by atoms with Gasteiger partial charge in [0.2, 0.25) is 5.91 Å². The molecule has 0 aromatic rings. The highest BCUT2D eigenvalue weighted by molar-refractivity contribution is 5.78. The van der Waals surface area contributed by atoms with Gasteiger partial charge < -0.3 is 19.9 Å². The van der Waals surface area contributed by atoms with E-state index >= 15 is 0 Å². The Bertz CT molecular complexity index is 361. The molecule has 0 unspecified atom stereocenters. The number of amides is 3. The van der Waals surface area contributed by atoms with Crippen molar-refractivity contribution >= 4 is 11.9 Å². The Labute approximate surface area is 126 Å². The first kappa shape index (κ1) is 16.0. The molecule has 0 radical (unpaired) electrons. The van der Waals surface area contributed by atoms with Gasteiger partial charge in [-0.2, -0.15) is 0 Å². The minimum atomic E-state index is 0.0393. The number of hydrogen-bond donors (Lipinski definition) is 1. The number of ether oxygens (including phenoxy) is 1. The maximum atomic E-state index is 11.9. The van der Waals surface area contributed by atoms with Gasteiger partial charge >= 0.3 is 6.03 Å². The fraction of sp³-hybridized carbons (Fsp3) is 0.857. The Morgan fingerprint density at radius 1 is 1.24 bits per heavy atom. The minimum Gasteiger partial charge on any atom is -0.376 e. The molecule has 2 saturated heterocycles. The van der Waals surface area contributed by atoms with Crippen LogP contribution in [0.25, 0.3) is 0 Å². The first-order valence-electron chi connectivity index (χ1n) is 7.63. The predicted octanol–water partition coefficient (Wildman–Crippen LogP) is -0.419. The summed E-state index contributed by atoms with van der Waals surface area (Å²) in [6.45, 7) is 4.66. The van der Waals surface area contributed by atoms with Crippen LogP contribution < -0.4 is 5.32 Å². The van der Waals surface area contributed by atoms with Gasteiger partial charge in [-0.15, -0.1) is 0 Å². The Kier molecular flexibility index (Phi) is 5.81. The SMILES string of the molecule is CN(C)C(=O)N1CCN(CC(=O)NC[C@@H]2CCCO2)CC1. The van der Waals surface area contributed by atoms with Crippen molar-refractivity contribution in [2.24, 2.45) is 0 Å². The van der Waals surface area contributed by atoms with E-state index in [1.807, 2.05) is 4.90 Å². The van der Waals surface area contributed by atoms with Crippen LogP contribution in [-0.2, 0) is 9.53 Å². The summed E-state index contributed by atoms with van der Waals surface area (Å²) in [5.74, 6) is 0.0397. The second-order valence-corrected chi connectivity index (χ2v) is 5.88. The third kappa shape index (κ3) is 4.86. The van der Waals surface area contributed by atoms with Crippen molar-refractivity contribution in [2.75, 3.05) is 60.0 Å². The zero-order chi connectivity index (χ0) is 15.2. The van der Waals surface area contributed by atoms with Crippen molar-refractivity contribution in [1.29, 1.82) is 0 Å². The largest absolute Gasteiger partial charge is 0.376 e. The number of carbonyl (C=O) groups excluding carboxylic acids is 2. The first-order valence-corrected chi connectivity index (χ1v) is 7.63. The molecule has 2 heterocycles. The Balaban J connectivity index is 1.63. The summed E-state index contributed by atoms with van der Waals surface area (Å²) in [5.41, 5.74) is 0. The Morgan fingerprint density at radius 2 is 1.95 bits per heavy atom. The lowest BCUT2D eigenvalue weighted by Gasteiger charge is -2.35. The van der Waals surface area contributed by atoms with Crippen LogP contribution in [0, 0.1) is 0 Å². The monoisotopic (exact) mass is 298 g/mol. The van der Waals surface area contributed by atoms with Gasteiger partial charge in [0, 0.05) is 53.4 Å². The zero-order valence-electron chi connectivity index (χ0n) is 13.0. The van der Waals surface area contributed by atoms with Crippen molar-refractivity contribution in [3.8, 4) is 0 Å². The third-order valence-electron chi connectivity index (χ3n) is 3.94. The van der Waals surface area contributed by atoms with Gasteiger partial charge in [-0.05, 0) is 12.8 Å². The first-order chi connectivity index (χ1) is 10.1. The zero-order valence-corrected chi connectivity index (χ0v) is 13.0. The van der Waals surface area contributed by atoms with E-state index in [1.165, 1.54) is 0 Å². The highest BCUT2D eigenvalue weighted by atomic mass is 16.5. The van der Waals surface area contributed by atoms with Crippen molar-refractivity contribution in [2.45, 2.75) is 18.9 Å². The molecule has 0 saturated carbocycles. The van der Waals surface area contributed by atoms with Gasteiger partial charge in [0.1, 0.15) is 0 Å². The van der Waals surface area contributed by atoms with Crippen LogP contribution >= 0.6 is 0 Å². The molecular weight excluding hydrogens is 272 g/mol. The number of piperazine rings is 1. The van der Waals surface area contributed by atoms with Crippen LogP contribution in [0.2, 0.25) is 0 Å². The van der Waals surface area contributed by atoms with Crippen molar-refractivity contribution in [1.82, 2.24) is 20.0 Å². The average molecular weight is 298 g/mol. The molecule has 7 nitrogen and oxygen atoms in total. The molecule has 1 atom stereocenters. The summed E-state index contributed by atoms with van der Waals surface area (Å²) in [6.07, 6.45) is 2.30. The van der Waals surface area contributed by atoms with E-state index in [9.17, 15) is 9.59 Å². The highest BCUT2D eigenvalue weighted by Crippen LogP contribution is 2.10. The quantitative estimate of drug-likeness (QED) is 0.766. The van der Waals surface area contributed by atoms with Gasteiger partial charge in [-0.3, -0.25) is 9.69 Å². The summed E-state index contributed by atoms with van der Waals surface area (Å²) in [4.78, 5) is 29.2. The Morgan fingerprint density at radius 3 is 2.52 bits per heavy atom. The number of nitrogens with zero attached hydrogens (tertiary/aromatic N) is 3. The van der Waals surface area contributed by atoms with Gasteiger partial charge in [-0.1, -0.05) is 0 Å². The normalized spacial score (nSPS) is 23.1. The van der Waals surface area contributed by atoms with Crippen LogP contribution in [0.3, 0.4) is 0 Å². The highest BCUT2D eigenvalue weighted by Gasteiger charge is 2.23. The van der Waals surface area contributed by atoms with Gasteiger partial charge in [0.15, 0.2) is 0 Å². The molecule has 120 valence electrons. The van der Waals surface area contributed by atoms with Crippen LogP contribution in [0.15, 0.2) is 0 Å². The fourth-order valence-electron chi connectivity index (χ4n) is 2.67. The molecule has 7 heteroatoms. The van der Waals surface area contributed by atoms with Crippen molar-refractivity contribution in [3.63, 3.8) is 0 Å². The molecule has 21 heavy (non-hydrogen) atoms. The number of carbonyl (C=O) groups is 2. The van der Waals surface area contributed by atoms with Crippen LogP contribution in [0.5, 0.6) is 0 Å². The van der Waals surface area contributed by atoms with Crippen LogP contribution in [0.4, 0.5) is 4.79 Å². The molecular formula is C14H26N4O3. The summed E-state index contributed by atoms with van der Waals surface area (Å²) in [6, 6.07) is 0.0393. The maximum absolute atomic E-state index is 11.9. The molecule has 0 aromatic carbocycles. The maximum Gasteiger partial charge on any atom is 0.319 e. The molecule has 0 aromatic heterocycles. The van der Waals surface area contributed by atoms with Crippen molar-refractivity contribution < 1.29 is 14.3 Å². The summed E-state index contributed by atoms with van der Waals surface area (Å²) in [5, 5.41) is 2.93. The van der Waals surface area contributed by atoms with E-state index < -0.39 is 0 Å². The molecule has 3 amide bonds. The predicted molar refractivity (Wildman–Crippen MR) is 79.1 cm³/mol. The van der Waals surface area contributed by atoms with E-state index in [4.69, 9.17) is 4.74 Å². The summed E-state index contributed by atoms with van der Waals surface area (Å²) in [7, 11) is 3.51. The number of rotatable bonds is 4. The number of hydrogen-bond acceptors (Lipinski definition) is 4. The van der Waals surface area contributed by atoms with E-state index in [-0.39, 0.29) is 18.0 Å². The average Bonchev–Trinajstić information content (AvgIpc) is 2.98. The minimum absolute atomic E-state index is 0.0393. The van der Waals surface area contributed by atoms with E-state index in [2.05, 4.69) is 10.2 Å². The summed E-state index contributed by atoms with van der Waals surface area (Å²) < 4.78 is 5.48. The smallest absolute Gasteiger partial charge is 0.319 e. The number of urea groups is 1. The molecule has 2 fully saturated rings. The number of nitrogens with one attached hydrogen (secondary N) is 1. The molecule has 0 aliphatic carbocycles. The van der Waals surface area contributed by atoms with Crippen LogP contribution in [0.1, 0.15) is 12.8 Å². The standard InChI is InChI=1S/C14H26N4O3/c1-16(2)14(20)18-7-5-17(6-8-18)11-13(19)15-10-12-4-3-9-21-12/h12H,3-11H2,1-2H3,(H,15,19)/t12-/m0/s1. The van der Waals surface area contributed by atoms with E-state index in [0.29, 0.717) is 26.2 Å². The van der Waals surface area contributed by atoms with Gasteiger partial charge in [-0.25, -0.2) is 4.79 Å². The third-order valence-corrected chi connectivity index (χ3v) is 3.94. The van der Waals surface area contributed by atoms with Gasteiger partial charge in [0.05, 0.1) is 12.6 Å². The second-order valence-electron chi connectivity index (χ2n) is 5.88. The molecule has 2 aliphatic heterocycles. The molecule has 0 spiro atoms. The molecule has 0 bridgehead atoms. The van der Waals surface area contributed by atoms with E-state index in [1.54, 1.807) is 19.0 Å².